The van der Waals surface area contributed by atoms with Crippen molar-refractivity contribution in [2.75, 3.05) is 6.54 Å². The summed E-state index contributed by atoms with van der Waals surface area (Å²) in [6, 6.07) is 3.88. The van der Waals surface area contributed by atoms with E-state index >= 15 is 0 Å². The molecule has 18 heavy (non-hydrogen) atoms. The Morgan fingerprint density at radius 1 is 1.56 bits per heavy atom. The third-order valence-electron chi connectivity index (χ3n) is 2.25. The lowest BCUT2D eigenvalue weighted by Crippen LogP contribution is -2.31. The molecule has 2 N–H and O–H groups in total. The fourth-order valence-corrected chi connectivity index (χ4v) is 2.81. The molecule has 0 aliphatic carbocycles. The second-order valence-electron chi connectivity index (χ2n) is 4.50. The Morgan fingerprint density at radius 3 is 2.83 bits per heavy atom. The number of carbonyl (C=O) groups is 1. The zero-order valence-corrected chi connectivity index (χ0v) is 12.9. The highest BCUT2D eigenvalue weighted by molar-refractivity contribution is 9.11. The van der Waals surface area contributed by atoms with Gasteiger partial charge in [-0.2, -0.15) is 0 Å². The van der Waals surface area contributed by atoms with Crippen molar-refractivity contribution in [2.45, 2.75) is 26.4 Å². The highest BCUT2D eigenvalue weighted by Crippen LogP contribution is 2.22. The topological polar surface area (TPSA) is 49.3 Å². The van der Waals surface area contributed by atoms with Gasteiger partial charge in [0.25, 0.3) is 0 Å². The third kappa shape index (κ3) is 6.33. The lowest BCUT2D eigenvalue weighted by atomic mass is 10.1. The SMILES string of the molecule is CC(C)CC(O)CNC(=O)/C=C/c1ccc(Br)s1. The number of thiophene rings is 1. The van der Waals surface area contributed by atoms with Gasteiger partial charge < -0.3 is 10.4 Å². The maximum atomic E-state index is 11.5. The van der Waals surface area contributed by atoms with Crippen molar-refractivity contribution in [3.8, 4) is 0 Å². The van der Waals surface area contributed by atoms with Crippen molar-refractivity contribution < 1.29 is 9.90 Å². The Kier molecular flexibility index (Phi) is 6.60. The molecule has 0 saturated heterocycles. The van der Waals surface area contributed by atoms with Crippen LogP contribution in [0.15, 0.2) is 22.0 Å². The van der Waals surface area contributed by atoms with E-state index in [1.54, 1.807) is 17.4 Å². The molecule has 100 valence electrons. The number of aliphatic hydroxyl groups is 1. The Hall–Kier alpha value is -0.650. The van der Waals surface area contributed by atoms with Gasteiger partial charge in [0.1, 0.15) is 0 Å². The van der Waals surface area contributed by atoms with E-state index in [9.17, 15) is 9.90 Å². The van der Waals surface area contributed by atoms with Crippen molar-refractivity contribution >= 4 is 39.2 Å². The maximum Gasteiger partial charge on any atom is 0.244 e. The molecule has 0 radical (unpaired) electrons. The Morgan fingerprint density at radius 2 is 2.28 bits per heavy atom. The summed E-state index contributed by atoms with van der Waals surface area (Å²) in [6.45, 7) is 4.38. The molecule has 0 bridgehead atoms. The second-order valence-corrected chi connectivity index (χ2v) is 7.00. The molecule has 0 fully saturated rings. The summed E-state index contributed by atoms with van der Waals surface area (Å²) in [6.07, 6.45) is 3.47. The van der Waals surface area contributed by atoms with Crippen LogP contribution >= 0.6 is 27.3 Å². The van der Waals surface area contributed by atoms with Crippen LogP contribution in [0.1, 0.15) is 25.1 Å². The van der Waals surface area contributed by atoms with Gasteiger partial charge in [-0.3, -0.25) is 4.79 Å². The van der Waals surface area contributed by atoms with Gasteiger partial charge in [-0.25, -0.2) is 0 Å². The van der Waals surface area contributed by atoms with Gasteiger partial charge in [0.2, 0.25) is 5.91 Å². The van der Waals surface area contributed by atoms with E-state index in [-0.39, 0.29) is 5.91 Å². The molecule has 0 aliphatic heterocycles. The fourth-order valence-electron chi connectivity index (χ4n) is 1.48. The fraction of sp³-hybridized carbons (Fsp3) is 0.462. The summed E-state index contributed by atoms with van der Waals surface area (Å²) >= 11 is 4.93. The number of amides is 1. The monoisotopic (exact) mass is 331 g/mol. The van der Waals surface area contributed by atoms with Gasteiger partial charge in [-0.1, -0.05) is 13.8 Å². The van der Waals surface area contributed by atoms with Gasteiger partial charge in [-0.15, -0.1) is 11.3 Å². The molecule has 1 unspecified atom stereocenters. The molecule has 3 nitrogen and oxygen atoms in total. The van der Waals surface area contributed by atoms with Gasteiger partial charge in [0, 0.05) is 17.5 Å². The summed E-state index contributed by atoms with van der Waals surface area (Å²) in [5, 5.41) is 12.3. The summed E-state index contributed by atoms with van der Waals surface area (Å²) in [5.41, 5.74) is 0. The van der Waals surface area contributed by atoms with Gasteiger partial charge in [0.05, 0.1) is 9.89 Å². The molecule has 0 spiro atoms. The summed E-state index contributed by atoms with van der Waals surface area (Å²) in [5.74, 6) is 0.248. The van der Waals surface area contributed by atoms with E-state index in [0.717, 1.165) is 8.66 Å². The van der Waals surface area contributed by atoms with Crippen molar-refractivity contribution in [1.82, 2.24) is 5.32 Å². The molecule has 1 rings (SSSR count). The number of rotatable bonds is 6. The third-order valence-corrected chi connectivity index (χ3v) is 3.84. The summed E-state index contributed by atoms with van der Waals surface area (Å²) < 4.78 is 1.04. The van der Waals surface area contributed by atoms with Gasteiger partial charge in [0.15, 0.2) is 0 Å². The molecule has 1 aromatic rings. The molecule has 0 saturated carbocycles. The first-order valence-corrected chi connectivity index (χ1v) is 7.47. The summed E-state index contributed by atoms with van der Waals surface area (Å²) in [4.78, 5) is 12.5. The van der Waals surface area contributed by atoms with Gasteiger partial charge in [-0.05, 0) is 46.5 Å². The zero-order chi connectivity index (χ0) is 13.5. The highest BCUT2D eigenvalue weighted by Gasteiger charge is 2.07. The number of carbonyl (C=O) groups excluding carboxylic acids is 1. The molecular weight excluding hydrogens is 314 g/mol. The quantitative estimate of drug-likeness (QED) is 0.787. The van der Waals surface area contributed by atoms with Crippen LogP contribution in [0.5, 0.6) is 0 Å². The second kappa shape index (κ2) is 7.71. The molecular formula is C13H18BrNO2S. The smallest absolute Gasteiger partial charge is 0.244 e. The van der Waals surface area contributed by atoms with Crippen LogP contribution in [0.3, 0.4) is 0 Å². The number of aliphatic hydroxyl groups excluding tert-OH is 1. The predicted molar refractivity (Wildman–Crippen MR) is 79.5 cm³/mol. The predicted octanol–water partition coefficient (Wildman–Crippen LogP) is 3.05. The molecule has 5 heteroatoms. The zero-order valence-electron chi connectivity index (χ0n) is 10.5. The normalized spacial score (nSPS) is 13.2. The Bertz CT molecular complexity index is 415. The van der Waals surface area contributed by atoms with Gasteiger partial charge >= 0.3 is 0 Å². The average Bonchev–Trinajstić information content (AvgIpc) is 2.69. The molecule has 1 aromatic heterocycles. The van der Waals surface area contributed by atoms with Crippen LogP contribution in [0, 0.1) is 5.92 Å². The van der Waals surface area contributed by atoms with Crippen LogP contribution in [0.4, 0.5) is 0 Å². The molecule has 1 amide bonds. The average molecular weight is 332 g/mol. The number of hydrogen-bond donors (Lipinski definition) is 2. The Balaban J connectivity index is 2.31. The first kappa shape index (κ1) is 15.4. The van der Waals surface area contributed by atoms with Crippen LogP contribution in [0.25, 0.3) is 6.08 Å². The van der Waals surface area contributed by atoms with Crippen molar-refractivity contribution in [3.05, 3.63) is 26.9 Å². The lowest BCUT2D eigenvalue weighted by molar-refractivity contribution is -0.116. The van der Waals surface area contributed by atoms with Crippen LogP contribution in [0.2, 0.25) is 0 Å². The highest BCUT2D eigenvalue weighted by atomic mass is 79.9. The van der Waals surface area contributed by atoms with E-state index in [0.29, 0.717) is 18.9 Å². The standard InChI is InChI=1S/C13H18BrNO2S/c1-9(2)7-10(16)8-15-13(17)6-4-11-3-5-12(14)18-11/h3-6,9-10,16H,7-8H2,1-2H3,(H,15,17)/b6-4+. The molecule has 0 aromatic carbocycles. The van der Waals surface area contributed by atoms with E-state index in [4.69, 9.17) is 0 Å². The first-order chi connectivity index (χ1) is 8.47. The summed E-state index contributed by atoms with van der Waals surface area (Å²) in [7, 11) is 0. The molecule has 0 aliphatic rings. The minimum absolute atomic E-state index is 0.178. The van der Waals surface area contributed by atoms with Crippen molar-refractivity contribution in [3.63, 3.8) is 0 Å². The molecule has 1 atom stereocenters. The van der Waals surface area contributed by atoms with Crippen LogP contribution < -0.4 is 5.32 Å². The number of hydrogen-bond acceptors (Lipinski definition) is 3. The maximum absolute atomic E-state index is 11.5. The minimum Gasteiger partial charge on any atom is -0.391 e. The first-order valence-electron chi connectivity index (χ1n) is 5.86. The van der Waals surface area contributed by atoms with E-state index < -0.39 is 6.10 Å². The lowest BCUT2D eigenvalue weighted by Gasteiger charge is -2.12. The Labute approximate surface area is 120 Å². The number of halogens is 1. The molecule has 1 heterocycles. The largest absolute Gasteiger partial charge is 0.391 e. The van der Waals surface area contributed by atoms with Crippen LogP contribution in [-0.4, -0.2) is 23.7 Å². The number of nitrogens with one attached hydrogen (secondary N) is 1. The van der Waals surface area contributed by atoms with Crippen molar-refractivity contribution in [1.29, 1.82) is 0 Å². The van der Waals surface area contributed by atoms with E-state index in [1.165, 1.54) is 6.08 Å². The van der Waals surface area contributed by atoms with E-state index in [2.05, 4.69) is 21.2 Å². The van der Waals surface area contributed by atoms with Crippen molar-refractivity contribution in [2.24, 2.45) is 5.92 Å². The van der Waals surface area contributed by atoms with Crippen LogP contribution in [-0.2, 0) is 4.79 Å². The minimum atomic E-state index is -0.474. The van der Waals surface area contributed by atoms with E-state index in [1.807, 2.05) is 26.0 Å².